The molecule has 2 N–H and O–H groups in total. The maximum absolute atomic E-state index is 14.0. The smallest absolute Gasteiger partial charge is 0.417 e. The molecule has 0 amide bonds. The van der Waals surface area contributed by atoms with Gasteiger partial charge in [0, 0.05) is 11.6 Å². The summed E-state index contributed by atoms with van der Waals surface area (Å²) in [5, 5.41) is 14.2. The van der Waals surface area contributed by atoms with Crippen molar-refractivity contribution in [3.05, 3.63) is 41.7 Å². The molecule has 0 unspecified atom stereocenters. The number of aromatic amines is 1. The fourth-order valence-electron chi connectivity index (χ4n) is 2.29. The van der Waals surface area contributed by atoms with Gasteiger partial charge >= 0.3 is 12.1 Å². The molecule has 10 heteroatoms. The summed E-state index contributed by atoms with van der Waals surface area (Å²) in [4.78, 5) is 14.3. The fraction of sp³-hybridized carbons (Fsp3) is 0.133. The molecular weight excluding hydrogens is 346 g/mol. The molecule has 0 saturated heterocycles. The number of halogens is 4. The van der Waals surface area contributed by atoms with Gasteiger partial charge in [-0.15, -0.1) is 0 Å². The summed E-state index contributed by atoms with van der Waals surface area (Å²) in [5.41, 5.74) is -1.81. The number of hydrogen-bond donors (Lipinski definition) is 2. The molecule has 0 aliphatic rings. The number of aromatic nitrogens is 3. The molecule has 0 atom stereocenters. The third-order valence-corrected chi connectivity index (χ3v) is 3.29. The van der Waals surface area contributed by atoms with Gasteiger partial charge < -0.3 is 9.84 Å². The lowest BCUT2D eigenvalue weighted by atomic mass is 10.0. The molecule has 0 saturated carbocycles. The van der Waals surface area contributed by atoms with E-state index in [2.05, 4.69) is 15.2 Å². The quantitative estimate of drug-likeness (QED) is 0.702. The second-order valence-electron chi connectivity index (χ2n) is 4.97. The lowest BCUT2D eigenvalue weighted by Gasteiger charge is -2.11. The fourth-order valence-corrected chi connectivity index (χ4v) is 2.29. The first-order valence-electron chi connectivity index (χ1n) is 6.83. The number of pyridine rings is 1. The number of rotatable bonds is 4. The van der Waals surface area contributed by atoms with Crippen LogP contribution in [-0.4, -0.2) is 32.9 Å². The molecule has 0 fully saturated rings. The zero-order valence-electron chi connectivity index (χ0n) is 12.3. The van der Waals surface area contributed by atoms with Crippen molar-refractivity contribution in [1.82, 2.24) is 15.2 Å². The number of alkyl halides is 3. The predicted molar refractivity (Wildman–Crippen MR) is 77.4 cm³/mol. The zero-order chi connectivity index (χ0) is 18.2. The first-order valence-corrected chi connectivity index (χ1v) is 6.83. The topological polar surface area (TPSA) is 88.1 Å². The Kier molecular flexibility index (Phi) is 4.03. The van der Waals surface area contributed by atoms with Crippen molar-refractivity contribution < 1.29 is 32.2 Å². The lowest BCUT2D eigenvalue weighted by molar-refractivity contribution is -0.139. The van der Waals surface area contributed by atoms with Crippen LogP contribution in [0.4, 0.5) is 17.6 Å². The van der Waals surface area contributed by atoms with Gasteiger partial charge in [0.2, 0.25) is 5.88 Å². The Bertz CT molecular complexity index is 953. The molecule has 0 aliphatic heterocycles. The Morgan fingerprint density at radius 2 is 2.00 bits per heavy atom. The molecule has 0 bridgehead atoms. The SMILES string of the molecule is O=C(O)COc1cc(C(F)(F)F)c2c(-c3ccccc3F)[nH]nc2n1. The summed E-state index contributed by atoms with van der Waals surface area (Å²) in [6.07, 6.45) is -4.81. The highest BCUT2D eigenvalue weighted by molar-refractivity contribution is 5.94. The van der Waals surface area contributed by atoms with Crippen molar-refractivity contribution in [3.63, 3.8) is 0 Å². The standard InChI is InChI=1S/C15H9F4N3O3/c16-9-4-2-1-3-7(9)13-12-8(15(17,18)19)5-10(25-6-11(23)24)20-14(12)22-21-13/h1-5H,6H2,(H,23,24)(H,20,21,22). The third kappa shape index (κ3) is 3.23. The summed E-state index contributed by atoms with van der Waals surface area (Å²) in [6, 6.07) is 5.84. The van der Waals surface area contributed by atoms with Crippen LogP contribution in [0.25, 0.3) is 22.3 Å². The molecule has 0 spiro atoms. The summed E-state index contributed by atoms with van der Waals surface area (Å²) >= 11 is 0. The minimum Gasteiger partial charge on any atom is -0.479 e. The number of nitrogens with zero attached hydrogens (tertiary/aromatic N) is 2. The Morgan fingerprint density at radius 1 is 1.28 bits per heavy atom. The van der Waals surface area contributed by atoms with Crippen molar-refractivity contribution in [2.75, 3.05) is 6.61 Å². The number of carbonyl (C=O) groups is 1. The van der Waals surface area contributed by atoms with Crippen molar-refractivity contribution in [2.45, 2.75) is 6.18 Å². The van der Waals surface area contributed by atoms with E-state index in [4.69, 9.17) is 9.84 Å². The maximum atomic E-state index is 14.0. The van der Waals surface area contributed by atoms with Crippen LogP contribution >= 0.6 is 0 Å². The molecule has 0 aliphatic carbocycles. The van der Waals surface area contributed by atoms with Gasteiger partial charge in [-0.3, -0.25) is 5.10 Å². The Balaban J connectivity index is 2.23. The van der Waals surface area contributed by atoms with Gasteiger partial charge in [-0.25, -0.2) is 9.18 Å². The number of hydrogen-bond acceptors (Lipinski definition) is 4. The molecule has 0 radical (unpaired) electrons. The average molecular weight is 355 g/mol. The van der Waals surface area contributed by atoms with E-state index in [1.807, 2.05) is 0 Å². The number of benzene rings is 1. The number of aliphatic carboxylic acids is 1. The van der Waals surface area contributed by atoms with Crippen LogP contribution in [0.2, 0.25) is 0 Å². The van der Waals surface area contributed by atoms with E-state index in [1.54, 1.807) is 0 Å². The van der Waals surface area contributed by atoms with Crippen LogP contribution in [-0.2, 0) is 11.0 Å². The number of ether oxygens (including phenoxy) is 1. The predicted octanol–water partition coefficient (Wildman–Crippen LogP) is 3.25. The minimum absolute atomic E-state index is 0.100. The molecule has 6 nitrogen and oxygen atoms in total. The minimum atomic E-state index is -4.81. The zero-order valence-corrected chi connectivity index (χ0v) is 12.3. The summed E-state index contributed by atoms with van der Waals surface area (Å²) in [6.45, 7) is -0.861. The first-order chi connectivity index (χ1) is 11.8. The lowest BCUT2D eigenvalue weighted by Crippen LogP contribution is -2.12. The second kappa shape index (κ2) is 6.04. The summed E-state index contributed by atoms with van der Waals surface area (Å²) in [7, 11) is 0. The highest BCUT2D eigenvalue weighted by Gasteiger charge is 2.36. The first kappa shape index (κ1) is 16.7. The van der Waals surface area contributed by atoms with E-state index in [0.29, 0.717) is 6.07 Å². The van der Waals surface area contributed by atoms with Crippen LogP contribution in [0.1, 0.15) is 5.56 Å². The molecule has 25 heavy (non-hydrogen) atoms. The third-order valence-electron chi connectivity index (χ3n) is 3.29. The molecule has 3 aromatic rings. The number of carboxylic acid groups (broad SMARTS) is 1. The average Bonchev–Trinajstić information content (AvgIpc) is 2.95. The van der Waals surface area contributed by atoms with Gasteiger partial charge in [-0.1, -0.05) is 12.1 Å². The van der Waals surface area contributed by atoms with Gasteiger partial charge in [0.1, 0.15) is 5.82 Å². The van der Waals surface area contributed by atoms with Crippen LogP contribution in [0.5, 0.6) is 5.88 Å². The van der Waals surface area contributed by atoms with Gasteiger partial charge in [-0.2, -0.15) is 23.3 Å². The number of H-pyrrole nitrogens is 1. The van der Waals surface area contributed by atoms with E-state index < -0.39 is 41.4 Å². The molecular formula is C15H9F4N3O3. The van der Waals surface area contributed by atoms with Gasteiger partial charge in [0.15, 0.2) is 12.3 Å². The van der Waals surface area contributed by atoms with Crippen LogP contribution in [0.15, 0.2) is 30.3 Å². The summed E-state index contributed by atoms with van der Waals surface area (Å²) < 4.78 is 59.0. The highest BCUT2D eigenvalue weighted by Crippen LogP contribution is 2.40. The summed E-state index contributed by atoms with van der Waals surface area (Å²) in [5.74, 6) is -2.65. The number of fused-ring (bicyclic) bond motifs is 1. The monoisotopic (exact) mass is 355 g/mol. The molecule has 1 aromatic carbocycles. The van der Waals surface area contributed by atoms with Gasteiger partial charge in [0.05, 0.1) is 16.6 Å². The normalized spacial score (nSPS) is 11.7. The second-order valence-corrected chi connectivity index (χ2v) is 4.97. The van der Waals surface area contributed by atoms with Crippen LogP contribution < -0.4 is 4.74 Å². The Labute approximate surface area is 137 Å². The molecule has 130 valence electrons. The maximum Gasteiger partial charge on any atom is 0.417 e. The van der Waals surface area contributed by atoms with E-state index in [-0.39, 0.29) is 16.9 Å². The largest absolute Gasteiger partial charge is 0.479 e. The van der Waals surface area contributed by atoms with E-state index in [9.17, 15) is 22.4 Å². The highest BCUT2D eigenvalue weighted by atomic mass is 19.4. The van der Waals surface area contributed by atoms with Crippen molar-refractivity contribution in [3.8, 4) is 17.1 Å². The van der Waals surface area contributed by atoms with Crippen molar-refractivity contribution in [2.24, 2.45) is 0 Å². The Morgan fingerprint density at radius 3 is 2.64 bits per heavy atom. The van der Waals surface area contributed by atoms with Crippen molar-refractivity contribution in [1.29, 1.82) is 0 Å². The molecule has 2 heterocycles. The number of nitrogens with one attached hydrogen (secondary N) is 1. The number of carboxylic acids is 1. The van der Waals surface area contributed by atoms with E-state index in [1.165, 1.54) is 18.2 Å². The van der Waals surface area contributed by atoms with Crippen LogP contribution in [0.3, 0.4) is 0 Å². The van der Waals surface area contributed by atoms with E-state index >= 15 is 0 Å². The Hall–Kier alpha value is -3.17. The van der Waals surface area contributed by atoms with Crippen LogP contribution in [0, 0.1) is 5.82 Å². The molecule has 2 aromatic heterocycles. The van der Waals surface area contributed by atoms with Gasteiger partial charge in [0.25, 0.3) is 0 Å². The van der Waals surface area contributed by atoms with Gasteiger partial charge in [-0.05, 0) is 12.1 Å². The molecule has 3 rings (SSSR count). The van der Waals surface area contributed by atoms with Crippen molar-refractivity contribution >= 4 is 17.0 Å². The van der Waals surface area contributed by atoms with E-state index in [0.717, 1.165) is 6.07 Å².